The summed E-state index contributed by atoms with van der Waals surface area (Å²) in [5, 5.41) is 4.50. The molecular formula is C17H16N4O2S2. The predicted octanol–water partition coefficient (Wildman–Crippen LogP) is 3.60. The summed E-state index contributed by atoms with van der Waals surface area (Å²) in [5.74, 6) is 2.71. The molecule has 0 spiro atoms. The van der Waals surface area contributed by atoms with Crippen LogP contribution in [0.2, 0.25) is 0 Å². The second-order valence-corrected chi connectivity index (χ2v) is 7.64. The highest BCUT2D eigenvalue weighted by atomic mass is 32.2. The molecule has 1 fully saturated rings. The van der Waals surface area contributed by atoms with Crippen molar-refractivity contribution < 1.29 is 9.21 Å². The Bertz CT molecular complexity index is 843. The highest BCUT2D eigenvalue weighted by molar-refractivity contribution is 7.99. The van der Waals surface area contributed by atoms with Gasteiger partial charge in [-0.3, -0.25) is 15.1 Å². The third-order valence-electron chi connectivity index (χ3n) is 3.83. The molecule has 1 N–H and O–H groups in total. The van der Waals surface area contributed by atoms with E-state index < -0.39 is 0 Å². The molecule has 1 aliphatic heterocycles. The van der Waals surface area contributed by atoms with Crippen LogP contribution in [0, 0.1) is 0 Å². The summed E-state index contributed by atoms with van der Waals surface area (Å²) in [7, 11) is 0. The first kappa shape index (κ1) is 16.2. The molecular weight excluding hydrogens is 356 g/mol. The molecule has 0 bridgehead atoms. The quantitative estimate of drug-likeness (QED) is 0.754. The van der Waals surface area contributed by atoms with Crippen LogP contribution in [0.25, 0.3) is 11.5 Å². The van der Waals surface area contributed by atoms with Crippen molar-refractivity contribution >= 4 is 39.1 Å². The van der Waals surface area contributed by atoms with E-state index in [1.807, 2.05) is 23.9 Å². The van der Waals surface area contributed by atoms with Crippen LogP contribution in [0.15, 0.2) is 47.3 Å². The fourth-order valence-corrected chi connectivity index (χ4v) is 4.51. The highest BCUT2D eigenvalue weighted by Crippen LogP contribution is 2.39. The number of aromatic nitrogens is 2. The van der Waals surface area contributed by atoms with Crippen LogP contribution >= 0.6 is 23.1 Å². The number of nitrogens with zero attached hydrogens (tertiary/aromatic N) is 3. The number of furan rings is 1. The minimum atomic E-state index is -0.192. The third kappa shape index (κ3) is 3.54. The molecule has 0 saturated carbocycles. The highest BCUT2D eigenvalue weighted by Gasteiger charge is 2.23. The Kier molecular flexibility index (Phi) is 4.71. The Labute approximate surface area is 153 Å². The number of pyridine rings is 1. The van der Waals surface area contributed by atoms with Crippen molar-refractivity contribution in [2.45, 2.75) is 0 Å². The van der Waals surface area contributed by atoms with Gasteiger partial charge in [-0.05, 0) is 24.3 Å². The summed E-state index contributed by atoms with van der Waals surface area (Å²) in [6.45, 7) is 1.94. The summed E-state index contributed by atoms with van der Waals surface area (Å²) < 4.78 is 5.55. The molecule has 1 aliphatic rings. The maximum Gasteiger partial charge on any atom is 0.257 e. The zero-order valence-corrected chi connectivity index (χ0v) is 15.0. The van der Waals surface area contributed by atoms with Crippen molar-refractivity contribution in [3.05, 3.63) is 48.5 Å². The SMILES string of the molecule is O=C(Nc1nc(-c2ccco2)c(N2CCSCC2)s1)c1ccncc1. The van der Waals surface area contributed by atoms with E-state index in [2.05, 4.69) is 20.2 Å². The number of hydrogen-bond acceptors (Lipinski definition) is 7. The minimum absolute atomic E-state index is 0.192. The Morgan fingerprint density at radius 2 is 2.00 bits per heavy atom. The smallest absolute Gasteiger partial charge is 0.257 e. The van der Waals surface area contributed by atoms with Crippen LogP contribution in [0.5, 0.6) is 0 Å². The van der Waals surface area contributed by atoms with E-state index in [9.17, 15) is 4.79 Å². The Morgan fingerprint density at radius 1 is 1.20 bits per heavy atom. The number of thiazole rings is 1. The van der Waals surface area contributed by atoms with E-state index in [0.29, 0.717) is 16.5 Å². The molecule has 0 atom stereocenters. The lowest BCUT2D eigenvalue weighted by Crippen LogP contribution is -2.32. The van der Waals surface area contributed by atoms with Crippen LogP contribution in [0.3, 0.4) is 0 Å². The first-order chi connectivity index (χ1) is 12.3. The average molecular weight is 372 g/mol. The van der Waals surface area contributed by atoms with Crippen LogP contribution in [-0.4, -0.2) is 40.5 Å². The zero-order valence-electron chi connectivity index (χ0n) is 13.3. The molecule has 0 aromatic carbocycles. The van der Waals surface area contributed by atoms with Gasteiger partial charge in [-0.25, -0.2) is 4.98 Å². The molecule has 128 valence electrons. The summed E-state index contributed by atoms with van der Waals surface area (Å²) in [5.41, 5.74) is 1.34. The van der Waals surface area contributed by atoms with Crippen LogP contribution in [-0.2, 0) is 0 Å². The molecule has 6 nitrogen and oxygen atoms in total. The number of anilines is 2. The van der Waals surface area contributed by atoms with Crippen molar-refractivity contribution in [2.24, 2.45) is 0 Å². The van der Waals surface area contributed by atoms with E-state index in [4.69, 9.17) is 4.42 Å². The molecule has 3 aromatic heterocycles. The van der Waals surface area contributed by atoms with Crippen molar-refractivity contribution in [1.82, 2.24) is 9.97 Å². The Hall–Kier alpha value is -2.32. The van der Waals surface area contributed by atoms with Gasteiger partial charge >= 0.3 is 0 Å². The van der Waals surface area contributed by atoms with Crippen molar-refractivity contribution in [3.8, 4) is 11.5 Å². The van der Waals surface area contributed by atoms with Gasteiger partial charge in [0.05, 0.1) is 6.26 Å². The van der Waals surface area contributed by atoms with Gasteiger partial charge in [-0.1, -0.05) is 11.3 Å². The monoisotopic (exact) mass is 372 g/mol. The van der Waals surface area contributed by atoms with E-state index in [-0.39, 0.29) is 5.91 Å². The number of thioether (sulfide) groups is 1. The fourth-order valence-electron chi connectivity index (χ4n) is 2.59. The standard InChI is InChI=1S/C17H16N4O2S2/c22-15(12-3-5-18-6-4-12)20-17-19-14(13-2-1-9-23-13)16(25-17)21-7-10-24-11-8-21/h1-6,9H,7-8,10-11H2,(H,19,20,22). The molecule has 4 rings (SSSR count). The number of hydrogen-bond donors (Lipinski definition) is 1. The maximum absolute atomic E-state index is 12.4. The van der Waals surface area contributed by atoms with Gasteiger partial charge in [-0.2, -0.15) is 11.8 Å². The number of nitrogens with one attached hydrogen (secondary N) is 1. The molecule has 8 heteroatoms. The predicted molar refractivity (Wildman–Crippen MR) is 102 cm³/mol. The van der Waals surface area contributed by atoms with Gasteiger partial charge in [0.25, 0.3) is 5.91 Å². The molecule has 1 amide bonds. The Balaban J connectivity index is 1.63. The zero-order chi connectivity index (χ0) is 17.1. The summed E-state index contributed by atoms with van der Waals surface area (Å²) in [6, 6.07) is 7.10. The van der Waals surface area contributed by atoms with Gasteiger partial charge in [0.2, 0.25) is 0 Å². The van der Waals surface area contributed by atoms with Gasteiger partial charge in [-0.15, -0.1) is 0 Å². The molecule has 1 saturated heterocycles. The largest absolute Gasteiger partial charge is 0.463 e. The lowest BCUT2D eigenvalue weighted by molar-refractivity contribution is 0.102. The van der Waals surface area contributed by atoms with Crippen LogP contribution < -0.4 is 10.2 Å². The maximum atomic E-state index is 12.4. The average Bonchev–Trinajstić information content (AvgIpc) is 3.33. The lowest BCUT2D eigenvalue weighted by atomic mass is 10.2. The number of carbonyl (C=O) groups is 1. The van der Waals surface area contributed by atoms with E-state index >= 15 is 0 Å². The number of carbonyl (C=O) groups excluding carboxylic acids is 1. The van der Waals surface area contributed by atoms with Crippen molar-refractivity contribution in [1.29, 1.82) is 0 Å². The van der Waals surface area contributed by atoms with E-state index in [1.54, 1.807) is 30.8 Å². The summed E-state index contributed by atoms with van der Waals surface area (Å²) >= 11 is 3.44. The van der Waals surface area contributed by atoms with Gasteiger partial charge < -0.3 is 9.32 Å². The first-order valence-electron chi connectivity index (χ1n) is 7.90. The molecule has 0 unspecified atom stereocenters. The topological polar surface area (TPSA) is 71.3 Å². The number of rotatable bonds is 4. The normalized spacial score (nSPS) is 14.5. The second kappa shape index (κ2) is 7.28. The van der Waals surface area contributed by atoms with Gasteiger partial charge in [0, 0.05) is 42.6 Å². The summed E-state index contributed by atoms with van der Waals surface area (Å²) in [6.07, 6.45) is 4.84. The third-order valence-corrected chi connectivity index (χ3v) is 5.80. The van der Waals surface area contributed by atoms with Crippen molar-refractivity contribution in [3.63, 3.8) is 0 Å². The van der Waals surface area contributed by atoms with E-state index in [1.165, 1.54) is 11.3 Å². The van der Waals surface area contributed by atoms with Crippen molar-refractivity contribution in [2.75, 3.05) is 34.8 Å². The molecule has 0 aliphatic carbocycles. The molecule has 25 heavy (non-hydrogen) atoms. The molecule has 4 heterocycles. The van der Waals surface area contributed by atoms with Crippen LogP contribution in [0.1, 0.15) is 10.4 Å². The molecule has 3 aromatic rings. The molecule has 0 radical (unpaired) electrons. The van der Waals surface area contributed by atoms with Gasteiger partial charge in [0.1, 0.15) is 10.7 Å². The van der Waals surface area contributed by atoms with Crippen LogP contribution in [0.4, 0.5) is 10.1 Å². The summed E-state index contributed by atoms with van der Waals surface area (Å²) in [4.78, 5) is 23.3. The number of amides is 1. The Morgan fingerprint density at radius 3 is 2.72 bits per heavy atom. The minimum Gasteiger partial charge on any atom is -0.463 e. The van der Waals surface area contributed by atoms with E-state index in [0.717, 1.165) is 35.3 Å². The second-order valence-electron chi connectivity index (χ2n) is 5.44. The lowest BCUT2D eigenvalue weighted by Gasteiger charge is -2.27. The van der Waals surface area contributed by atoms with Gasteiger partial charge in [0.15, 0.2) is 10.9 Å². The first-order valence-corrected chi connectivity index (χ1v) is 9.87. The fraction of sp³-hybridized carbons (Fsp3) is 0.235.